The average molecular weight is 339 g/mol. The van der Waals surface area contributed by atoms with Crippen molar-refractivity contribution < 1.29 is 14.0 Å². The molecule has 0 saturated carbocycles. The van der Waals surface area contributed by atoms with Gasteiger partial charge in [0.05, 0.1) is 11.4 Å². The van der Waals surface area contributed by atoms with E-state index in [0.29, 0.717) is 5.69 Å². The molecule has 0 spiro atoms. The van der Waals surface area contributed by atoms with Gasteiger partial charge in [0.25, 0.3) is 5.91 Å². The van der Waals surface area contributed by atoms with Crippen molar-refractivity contribution in [2.24, 2.45) is 5.10 Å². The standard InChI is InChI=1S/C19H18FN3O2/c1-12-4-3-5-14(10-12)23-18(24)9-8-17(22-23)19(25)21-16-7-6-13(2)11-15(16)20/h3-7,10-11H,8-9H2,1-2H3,(H,21,25). The molecule has 0 radical (unpaired) electrons. The lowest BCUT2D eigenvalue weighted by molar-refractivity contribution is -0.118. The molecule has 0 aromatic heterocycles. The third-order valence-corrected chi connectivity index (χ3v) is 3.91. The van der Waals surface area contributed by atoms with Gasteiger partial charge in [-0.05, 0) is 49.2 Å². The summed E-state index contributed by atoms with van der Waals surface area (Å²) in [5.74, 6) is -1.19. The minimum absolute atomic E-state index is 0.0947. The second kappa shape index (κ2) is 6.84. The summed E-state index contributed by atoms with van der Waals surface area (Å²) in [5.41, 5.74) is 2.65. The number of amides is 2. The minimum atomic E-state index is -0.507. The molecule has 0 aliphatic carbocycles. The lowest BCUT2D eigenvalue weighted by Crippen LogP contribution is -2.36. The fourth-order valence-electron chi connectivity index (χ4n) is 2.59. The number of carbonyl (C=O) groups excluding carboxylic acids is 2. The number of hydrazone groups is 1. The molecular weight excluding hydrogens is 321 g/mol. The van der Waals surface area contributed by atoms with Gasteiger partial charge in [0.15, 0.2) is 0 Å². The first-order valence-corrected chi connectivity index (χ1v) is 7.98. The largest absolute Gasteiger partial charge is 0.318 e. The molecule has 25 heavy (non-hydrogen) atoms. The van der Waals surface area contributed by atoms with Gasteiger partial charge in [0.1, 0.15) is 11.5 Å². The first-order valence-electron chi connectivity index (χ1n) is 7.98. The van der Waals surface area contributed by atoms with Gasteiger partial charge in [0.2, 0.25) is 5.91 Å². The Balaban J connectivity index is 1.84. The van der Waals surface area contributed by atoms with E-state index in [0.717, 1.165) is 11.1 Å². The van der Waals surface area contributed by atoms with Crippen molar-refractivity contribution in [3.05, 3.63) is 59.4 Å². The van der Waals surface area contributed by atoms with Crippen molar-refractivity contribution in [1.82, 2.24) is 0 Å². The van der Waals surface area contributed by atoms with Crippen molar-refractivity contribution in [2.45, 2.75) is 26.7 Å². The molecule has 0 atom stereocenters. The normalized spacial score (nSPS) is 14.3. The molecule has 3 rings (SSSR count). The van der Waals surface area contributed by atoms with Gasteiger partial charge in [-0.15, -0.1) is 0 Å². The Morgan fingerprint density at radius 2 is 1.88 bits per heavy atom. The summed E-state index contributed by atoms with van der Waals surface area (Å²) < 4.78 is 13.9. The number of carbonyl (C=O) groups is 2. The molecule has 2 amide bonds. The van der Waals surface area contributed by atoms with E-state index in [1.54, 1.807) is 19.1 Å². The maximum absolute atomic E-state index is 13.9. The van der Waals surface area contributed by atoms with Crippen molar-refractivity contribution in [2.75, 3.05) is 10.3 Å². The summed E-state index contributed by atoms with van der Waals surface area (Å²) in [6.45, 7) is 3.68. The first kappa shape index (κ1) is 16.8. The number of benzene rings is 2. The summed E-state index contributed by atoms with van der Waals surface area (Å²) in [4.78, 5) is 24.6. The van der Waals surface area contributed by atoms with Crippen molar-refractivity contribution >= 4 is 28.9 Å². The molecule has 1 heterocycles. The van der Waals surface area contributed by atoms with Gasteiger partial charge in [-0.2, -0.15) is 5.10 Å². The molecule has 2 aromatic rings. The number of nitrogens with one attached hydrogen (secondary N) is 1. The van der Waals surface area contributed by atoms with Gasteiger partial charge in [-0.3, -0.25) is 9.59 Å². The van der Waals surface area contributed by atoms with Crippen LogP contribution in [-0.2, 0) is 9.59 Å². The number of hydrogen-bond donors (Lipinski definition) is 1. The van der Waals surface area contributed by atoms with E-state index in [4.69, 9.17) is 0 Å². The predicted molar refractivity (Wildman–Crippen MR) is 95.1 cm³/mol. The molecule has 5 nitrogen and oxygen atoms in total. The van der Waals surface area contributed by atoms with Gasteiger partial charge in [-0.25, -0.2) is 9.40 Å². The van der Waals surface area contributed by atoms with E-state index in [2.05, 4.69) is 10.4 Å². The third kappa shape index (κ3) is 3.74. The monoisotopic (exact) mass is 339 g/mol. The Bertz CT molecular complexity index is 877. The highest BCUT2D eigenvalue weighted by atomic mass is 19.1. The highest BCUT2D eigenvalue weighted by molar-refractivity contribution is 6.44. The van der Waals surface area contributed by atoms with Crippen molar-refractivity contribution in [3.8, 4) is 0 Å². The highest BCUT2D eigenvalue weighted by Gasteiger charge is 2.26. The lowest BCUT2D eigenvalue weighted by Gasteiger charge is -2.23. The van der Waals surface area contributed by atoms with Crippen LogP contribution in [0.5, 0.6) is 0 Å². The van der Waals surface area contributed by atoms with Crippen LogP contribution in [0.2, 0.25) is 0 Å². The molecule has 2 aromatic carbocycles. The first-order chi connectivity index (χ1) is 11.9. The number of hydrogen-bond acceptors (Lipinski definition) is 3. The van der Waals surface area contributed by atoms with E-state index in [1.807, 2.05) is 25.1 Å². The van der Waals surface area contributed by atoms with Crippen LogP contribution in [0.1, 0.15) is 24.0 Å². The van der Waals surface area contributed by atoms with E-state index < -0.39 is 11.7 Å². The lowest BCUT2D eigenvalue weighted by atomic mass is 10.1. The van der Waals surface area contributed by atoms with Gasteiger partial charge < -0.3 is 5.32 Å². The third-order valence-electron chi connectivity index (χ3n) is 3.91. The van der Waals surface area contributed by atoms with Crippen LogP contribution in [0.3, 0.4) is 0 Å². The van der Waals surface area contributed by atoms with Crippen LogP contribution in [0.15, 0.2) is 47.6 Å². The molecular formula is C19H18FN3O2. The molecule has 1 N–H and O–H groups in total. The molecule has 1 aliphatic heterocycles. The van der Waals surface area contributed by atoms with Gasteiger partial charge in [0, 0.05) is 12.8 Å². The minimum Gasteiger partial charge on any atom is -0.318 e. The second-order valence-electron chi connectivity index (χ2n) is 6.03. The van der Waals surface area contributed by atoms with Crippen LogP contribution in [0.25, 0.3) is 0 Å². The zero-order chi connectivity index (χ0) is 18.0. The number of halogens is 1. The van der Waals surface area contributed by atoms with Gasteiger partial charge >= 0.3 is 0 Å². The SMILES string of the molecule is Cc1cccc(N2N=C(C(=O)Nc3ccc(C)cc3F)CCC2=O)c1. The van der Waals surface area contributed by atoms with Crippen LogP contribution in [0.4, 0.5) is 15.8 Å². The summed E-state index contributed by atoms with van der Waals surface area (Å²) in [5, 5.41) is 7.94. The summed E-state index contributed by atoms with van der Waals surface area (Å²) >= 11 is 0. The summed E-state index contributed by atoms with van der Waals surface area (Å²) in [6, 6.07) is 11.9. The molecule has 6 heteroatoms. The van der Waals surface area contributed by atoms with E-state index in [-0.39, 0.29) is 30.1 Å². The van der Waals surface area contributed by atoms with Crippen molar-refractivity contribution in [3.63, 3.8) is 0 Å². The highest BCUT2D eigenvalue weighted by Crippen LogP contribution is 2.22. The smallest absolute Gasteiger partial charge is 0.271 e. The van der Waals surface area contributed by atoms with Crippen LogP contribution in [0, 0.1) is 19.7 Å². The fourth-order valence-corrected chi connectivity index (χ4v) is 2.59. The number of aryl methyl sites for hydroxylation is 2. The Kier molecular flexibility index (Phi) is 4.61. The second-order valence-corrected chi connectivity index (χ2v) is 6.03. The van der Waals surface area contributed by atoms with E-state index in [1.165, 1.54) is 17.1 Å². The molecule has 128 valence electrons. The van der Waals surface area contributed by atoms with Crippen LogP contribution >= 0.6 is 0 Å². The quantitative estimate of drug-likeness (QED) is 0.929. The van der Waals surface area contributed by atoms with Crippen LogP contribution in [-0.4, -0.2) is 17.5 Å². The average Bonchev–Trinajstić information content (AvgIpc) is 2.57. The maximum Gasteiger partial charge on any atom is 0.271 e. The molecule has 0 saturated heterocycles. The fraction of sp³-hybridized carbons (Fsp3) is 0.211. The predicted octanol–water partition coefficient (Wildman–Crippen LogP) is 3.56. The maximum atomic E-state index is 13.9. The Morgan fingerprint density at radius 1 is 1.12 bits per heavy atom. The summed E-state index contributed by atoms with van der Waals surface area (Å²) in [7, 11) is 0. The molecule has 0 bridgehead atoms. The molecule has 1 aliphatic rings. The zero-order valence-corrected chi connectivity index (χ0v) is 14.0. The number of anilines is 2. The number of rotatable bonds is 3. The topological polar surface area (TPSA) is 61.8 Å². The Hall–Kier alpha value is -3.02. The van der Waals surface area contributed by atoms with Gasteiger partial charge in [-0.1, -0.05) is 18.2 Å². The summed E-state index contributed by atoms with van der Waals surface area (Å²) in [6.07, 6.45) is 0.400. The number of nitrogens with zero attached hydrogens (tertiary/aromatic N) is 2. The van der Waals surface area contributed by atoms with Crippen molar-refractivity contribution in [1.29, 1.82) is 0 Å². The Morgan fingerprint density at radius 3 is 2.60 bits per heavy atom. The van der Waals surface area contributed by atoms with Crippen LogP contribution < -0.4 is 10.3 Å². The Labute approximate surface area is 145 Å². The van der Waals surface area contributed by atoms with E-state index >= 15 is 0 Å². The molecule has 0 unspecified atom stereocenters. The van der Waals surface area contributed by atoms with E-state index in [9.17, 15) is 14.0 Å². The molecule has 0 fully saturated rings. The zero-order valence-electron chi connectivity index (χ0n) is 14.0.